The Morgan fingerprint density at radius 3 is 2.85 bits per heavy atom. The zero-order valence-corrected chi connectivity index (χ0v) is 12.6. The van der Waals surface area contributed by atoms with Crippen molar-refractivity contribution in [3.63, 3.8) is 0 Å². The van der Waals surface area contributed by atoms with Crippen LogP contribution in [0, 0.1) is 6.92 Å². The lowest BCUT2D eigenvalue weighted by atomic mass is 10.2. The topological polar surface area (TPSA) is 21.1 Å². The van der Waals surface area contributed by atoms with Crippen LogP contribution in [0.1, 0.15) is 36.7 Å². The highest BCUT2D eigenvalue weighted by molar-refractivity contribution is 6.16. The number of benzene rings is 1. The van der Waals surface area contributed by atoms with Crippen LogP contribution in [0.4, 0.5) is 0 Å². The van der Waals surface area contributed by atoms with Gasteiger partial charge in [0.2, 0.25) is 0 Å². The van der Waals surface area contributed by atoms with Crippen molar-refractivity contribution in [3.8, 4) is 0 Å². The van der Waals surface area contributed by atoms with Crippen molar-refractivity contribution >= 4 is 22.6 Å². The van der Waals surface area contributed by atoms with E-state index in [2.05, 4.69) is 34.6 Å². The SMILES string of the molecule is Cc1ccc2nc(CCl)n(C3CCN(C4CC4)C3)c2c1. The monoisotopic (exact) mass is 289 g/mol. The molecule has 2 heterocycles. The average Bonchev–Trinajstić information content (AvgIpc) is 3.07. The summed E-state index contributed by atoms with van der Waals surface area (Å²) in [6.45, 7) is 4.53. The molecule has 1 aromatic carbocycles. The van der Waals surface area contributed by atoms with Crippen LogP contribution < -0.4 is 0 Å². The molecule has 0 radical (unpaired) electrons. The first-order chi connectivity index (χ1) is 9.76. The normalized spacial score (nSPS) is 23.8. The van der Waals surface area contributed by atoms with Crippen LogP contribution in [0.5, 0.6) is 0 Å². The Kier molecular flexibility index (Phi) is 3.00. The molecule has 2 aliphatic rings. The van der Waals surface area contributed by atoms with Crippen LogP contribution in [-0.4, -0.2) is 33.6 Å². The Balaban J connectivity index is 1.75. The maximum Gasteiger partial charge on any atom is 0.125 e. The van der Waals surface area contributed by atoms with Crippen molar-refractivity contribution in [3.05, 3.63) is 29.6 Å². The summed E-state index contributed by atoms with van der Waals surface area (Å²) in [6, 6.07) is 7.89. The van der Waals surface area contributed by atoms with E-state index in [0.29, 0.717) is 11.9 Å². The summed E-state index contributed by atoms with van der Waals surface area (Å²) in [5, 5.41) is 0. The molecule has 1 aromatic heterocycles. The Labute approximate surface area is 124 Å². The third-order valence-electron chi connectivity index (χ3n) is 4.66. The van der Waals surface area contributed by atoms with Crippen molar-refractivity contribution in [2.24, 2.45) is 0 Å². The first-order valence-electron chi connectivity index (χ1n) is 7.54. The number of aromatic nitrogens is 2. The molecular formula is C16H20ClN3. The third-order valence-corrected chi connectivity index (χ3v) is 4.90. The standard InChI is InChI=1S/C16H20ClN3/c1-11-2-5-14-15(8-11)20(16(9-17)18-14)13-6-7-19(10-13)12-3-4-12/h2,5,8,12-13H,3-4,6-7,9-10H2,1H3. The van der Waals surface area contributed by atoms with Gasteiger partial charge in [-0.1, -0.05) is 6.07 Å². The predicted molar refractivity (Wildman–Crippen MR) is 82.3 cm³/mol. The van der Waals surface area contributed by atoms with E-state index in [1.165, 1.54) is 36.9 Å². The zero-order chi connectivity index (χ0) is 13.7. The van der Waals surface area contributed by atoms with Crippen molar-refractivity contribution in [1.82, 2.24) is 14.5 Å². The van der Waals surface area contributed by atoms with Gasteiger partial charge in [-0.25, -0.2) is 4.98 Å². The second-order valence-electron chi connectivity index (χ2n) is 6.19. The maximum atomic E-state index is 6.14. The van der Waals surface area contributed by atoms with Crippen molar-refractivity contribution in [2.75, 3.05) is 13.1 Å². The van der Waals surface area contributed by atoms with E-state index in [-0.39, 0.29) is 0 Å². The first-order valence-corrected chi connectivity index (χ1v) is 8.07. The fraction of sp³-hybridized carbons (Fsp3) is 0.562. The Bertz CT molecular complexity index is 644. The van der Waals surface area contributed by atoms with Gasteiger partial charge in [-0.15, -0.1) is 11.6 Å². The number of halogens is 1. The number of rotatable bonds is 3. The molecule has 20 heavy (non-hydrogen) atoms. The van der Waals surface area contributed by atoms with Gasteiger partial charge in [0.25, 0.3) is 0 Å². The van der Waals surface area contributed by atoms with Gasteiger partial charge in [-0.2, -0.15) is 0 Å². The summed E-state index contributed by atoms with van der Waals surface area (Å²) in [5.74, 6) is 1.52. The summed E-state index contributed by atoms with van der Waals surface area (Å²) in [4.78, 5) is 7.36. The molecule has 1 aliphatic heterocycles. The van der Waals surface area contributed by atoms with Crippen molar-refractivity contribution < 1.29 is 0 Å². The quantitative estimate of drug-likeness (QED) is 0.807. The second kappa shape index (κ2) is 4.74. The number of nitrogens with zero attached hydrogens (tertiary/aromatic N) is 3. The van der Waals surface area contributed by atoms with E-state index in [9.17, 15) is 0 Å². The number of aryl methyl sites for hydroxylation is 1. The number of hydrogen-bond donors (Lipinski definition) is 0. The molecule has 3 nitrogen and oxygen atoms in total. The number of fused-ring (bicyclic) bond motifs is 1. The Morgan fingerprint density at radius 2 is 2.10 bits per heavy atom. The molecule has 2 fully saturated rings. The summed E-state index contributed by atoms with van der Waals surface area (Å²) in [7, 11) is 0. The number of imidazole rings is 1. The van der Waals surface area contributed by atoms with Gasteiger partial charge < -0.3 is 4.57 Å². The van der Waals surface area contributed by atoms with Crippen molar-refractivity contribution in [2.45, 2.75) is 44.1 Å². The van der Waals surface area contributed by atoms with Gasteiger partial charge >= 0.3 is 0 Å². The van der Waals surface area contributed by atoms with Gasteiger partial charge in [0, 0.05) is 25.2 Å². The fourth-order valence-corrected chi connectivity index (χ4v) is 3.69. The molecule has 2 aromatic rings. The van der Waals surface area contributed by atoms with Crippen LogP contribution >= 0.6 is 11.6 Å². The van der Waals surface area contributed by atoms with Gasteiger partial charge in [0.15, 0.2) is 0 Å². The molecule has 4 heteroatoms. The maximum absolute atomic E-state index is 6.14. The fourth-order valence-electron chi connectivity index (χ4n) is 3.50. The molecule has 1 saturated heterocycles. The summed E-state index contributed by atoms with van der Waals surface area (Å²) in [6.07, 6.45) is 4.00. The lowest BCUT2D eigenvalue weighted by molar-refractivity contribution is 0.314. The van der Waals surface area contributed by atoms with Crippen molar-refractivity contribution in [1.29, 1.82) is 0 Å². The molecular weight excluding hydrogens is 270 g/mol. The van der Waals surface area contributed by atoms with E-state index < -0.39 is 0 Å². The molecule has 1 aliphatic carbocycles. The Hall–Kier alpha value is -1.06. The van der Waals surface area contributed by atoms with Crippen LogP contribution in [0.2, 0.25) is 0 Å². The lowest BCUT2D eigenvalue weighted by Crippen LogP contribution is -2.24. The molecule has 1 saturated carbocycles. The predicted octanol–water partition coefficient (Wildman–Crippen LogP) is 3.49. The molecule has 0 amide bonds. The molecule has 4 rings (SSSR count). The summed E-state index contributed by atoms with van der Waals surface area (Å²) in [5.41, 5.74) is 3.62. The van der Waals surface area contributed by atoms with E-state index in [1.807, 2.05) is 0 Å². The van der Waals surface area contributed by atoms with E-state index in [4.69, 9.17) is 16.6 Å². The molecule has 0 N–H and O–H groups in total. The molecule has 0 bridgehead atoms. The van der Waals surface area contributed by atoms with Crippen LogP contribution in [0.15, 0.2) is 18.2 Å². The van der Waals surface area contributed by atoms with Gasteiger partial charge in [-0.3, -0.25) is 4.90 Å². The molecule has 106 valence electrons. The second-order valence-corrected chi connectivity index (χ2v) is 6.46. The largest absolute Gasteiger partial charge is 0.322 e. The van der Waals surface area contributed by atoms with Gasteiger partial charge in [-0.05, 0) is 43.9 Å². The van der Waals surface area contributed by atoms with E-state index >= 15 is 0 Å². The average molecular weight is 290 g/mol. The molecule has 0 spiro atoms. The van der Waals surface area contributed by atoms with Crippen LogP contribution in [0.25, 0.3) is 11.0 Å². The summed E-state index contributed by atoms with van der Waals surface area (Å²) >= 11 is 6.14. The van der Waals surface area contributed by atoms with Crippen LogP contribution in [-0.2, 0) is 5.88 Å². The summed E-state index contributed by atoms with van der Waals surface area (Å²) < 4.78 is 2.40. The van der Waals surface area contributed by atoms with Gasteiger partial charge in [0.1, 0.15) is 5.82 Å². The Morgan fingerprint density at radius 1 is 1.25 bits per heavy atom. The number of hydrogen-bond acceptors (Lipinski definition) is 2. The zero-order valence-electron chi connectivity index (χ0n) is 11.8. The number of likely N-dealkylation sites (tertiary alicyclic amines) is 1. The number of alkyl halides is 1. The van der Waals surface area contributed by atoms with E-state index in [0.717, 1.165) is 23.9 Å². The minimum atomic E-state index is 0.494. The highest BCUT2D eigenvalue weighted by Crippen LogP contribution is 2.35. The minimum Gasteiger partial charge on any atom is -0.322 e. The molecule has 1 atom stereocenters. The van der Waals surface area contributed by atoms with Gasteiger partial charge in [0.05, 0.1) is 16.9 Å². The minimum absolute atomic E-state index is 0.494. The van der Waals surface area contributed by atoms with E-state index in [1.54, 1.807) is 0 Å². The highest BCUT2D eigenvalue weighted by Gasteiger charge is 2.35. The van der Waals surface area contributed by atoms with Crippen LogP contribution in [0.3, 0.4) is 0 Å². The lowest BCUT2D eigenvalue weighted by Gasteiger charge is -2.18. The first kappa shape index (κ1) is 12.7. The molecule has 1 unspecified atom stereocenters. The third kappa shape index (κ3) is 2.04. The highest BCUT2D eigenvalue weighted by atomic mass is 35.5. The smallest absolute Gasteiger partial charge is 0.125 e.